The molecule has 1 aliphatic heterocycles. The van der Waals surface area contributed by atoms with E-state index in [0.29, 0.717) is 0 Å². The van der Waals surface area contributed by atoms with E-state index in [2.05, 4.69) is 41.0 Å². The van der Waals surface area contributed by atoms with Crippen molar-refractivity contribution in [2.75, 3.05) is 44.2 Å². The van der Waals surface area contributed by atoms with Crippen molar-refractivity contribution in [2.24, 2.45) is 5.73 Å². The minimum atomic E-state index is 0.823. The molecular formula is C15H25N3. The Hall–Kier alpha value is -1.06. The number of benzene rings is 1. The molecule has 3 nitrogen and oxygen atoms in total. The maximum atomic E-state index is 5.53. The summed E-state index contributed by atoms with van der Waals surface area (Å²) in [5.41, 5.74) is 8.25. The first-order valence-corrected chi connectivity index (χ1v) is 7.03. The van der Waals surface area contributed by atoms with Gasteiger partial charge >= 0.3 is 0 Å². The number of rotatable bonds is 5. The van der Waals surface area contributed by atoms with Gasteiger partial charge in [-0.2, -0.15) is 0 Å². The Morgan fingerprint density at radius 3 is 2.56 bits per heavy atom. The SMILES string of the molecule is Cc1cccc(N2CCN(CCCCN)CC2)c1. The Morgan fingerprint density at radius 2 is 1.89 bits per heavy atom. The van der Waals surface area contributed by atoms with Crippen molar-refractivity contribution in [2.45, 2.75) is 19.8 Å². The van der Waals surface area contributed by atoms with Crippen LogP contribution >= 0.6 is 0 Å². The summed E-state index contributed by atoms with van der Waals surface area (Å²) >= 11 is 0. The number of aryl methyl sites for hydroxylation is 1. The second kappa shape index (κ2) is 6.76. The lowest BCUT2D eigenvalue weighted by molar-refractivity contribution is 0.253. The second-order valence-corrected chi connectivity index (χ2v) is 5.16. The second-order valence-electron chi connectivity index (χ2n) is 5.16. The van der Waals surface area contributed by atoms with Gasteiger partial charge in [0.25, 0.3) is 0 Å². The highest BCUT2D eigenvalue weighted by Gasteiger charge is 2.16. The molecule has 0 bridgehead atoms. The van der Waals surface area contributed by atoms with Crippen LogP contribution in [0.1, 0.15) is 18.4 Å². The predicted octanol–water partition coefficient (Wildman–Crippen LogP) is 1.86. The first-order valence-electron chi connectivity index (χ1n) is 7.03. The van der Waals surface area contributed by atoms with Gasteiger partial charge in [0, 0.05) is 31.9 Å². The van der Waals surface area contributed by atoms with E-state index in [1.165, 1.54) is 37.3 Å². The Kier molecular flexibility index (Phi) is 5.02. The number of anilines is 1. The molecule has 0 amide bonds. The van der Waals surface area contributed by atoms with Crippen LogP contribution in [0.15, 0.2) is 24.3 Å². The molecule has 0 spiro atoms. The third-order valence-electron chi connectivity index (χ3n) is 3.67. The summed E-state index contributed by atoms with van der Waals surface area (Å²) in [7, 11) is 0. The summed E-state index contributed by atoms with van der Waals surface area (Å²) < 4.78 is 0. The fourth-order valence-electron chi connectivity index (χ4n) is 2.53. The fraction of sp³-hybridized carbons (Fsp3) is 0.600. The van der Waals surface area contributed by atoms with Crippen LogP contribution in [-0.2, 0) is 0 Å². The molecule has 1 heterocycles. The highest BCUT2D eigenvalue weighted by Crippen LogP contribution is 2.17. The van der Waals surface area contributed by atoms with Crippen molar-refractivity contribution in [3.05, 3.63) is 29.8 Å². The normalized spacial score (nSPS) is 17.1. The van der Waals surface area contributed by atoms with E-state index < -0.39 is 0 Å². The zero-order chi connectivity index (χ0) is 12.8. The molecule has 1 saturated heterocycles. The maximum Gasteiger partial charge on any atom is 0.0369 e. The van der Waals surface area contributed by atoms with Crippen LogP contribution in [0.2, 0.25) is 0 Å². The fourth-order valence-corrected chi connectivity index (χ4v) is 2.53. The van der Waals surface area contributed by atoms with Gasteiger partial charge in [0.05, 0.1) is 0 Å². The minimum absolute atomic E-state index is 0.823. The number of hydrogen-bond acceptors (Lipinski definition) is 3. The largest absolute Gasteiger partial charge is 0.369 e. The molecule has 2 N–H and O–H groups in total. The highest BCUT2D eigenvalue weighted by atomic mass is 15.3. The van der Waals surface area contributed by atoms with Crippen LogP contribution in [0.5, 0.6) is 0 Å². The summed E-state index contributed by atoms with van der Waals surface area (Å²) in [6.45, 7) is 8.84. The van der Waals surface area contributed by atoms with E-state index in [-0.39, 0.29) is 0 Å². The molecule has 100 valence electrons. The van der Waals surface area contributed by atoms with Gasteiger partial charge in [-0.1, -0.05) is 12.1 Å². The summed E-state index contributed by atoms with van der Waals surface area (Å²) in [4.78, 5) is 5.05. The molecule has 1 fully saturated rings. The van der Waals surface area contributed by atoms with Gasteiger partial charge in [-0.05, 0) is 50.6 Å². The number of nitrogens with zero attached hydrogens (tertiary/aromatic N) is 2. The van der Waals surface area contributed by atoms with Gasteiger partial charge in [0.2, 0.25) is 0 Å². The van der Waals surface area contributed by atoms with Crippen molar-refractivity contribution in [3.8, 4) is 0 Å². The van der Waals surface area contributed by atoms with Crippen molar-refractivity contribution in [1.29, 1.82) is 0 Å². The molecule has 1 aromatic rings. The lowest BCUT2D eigenvalue weighted by atomic mass is 10.2. The van der Waals surface area contributed by atoms with Gasteiger partial charge in [-0.3, -0.25) is 4.90 Å². The standard InChI is InChI=1S/C15H25N3/c1-14-5-4-6-15(13-14)18-11-9-17(10-12-18)8-3-2-7-16/h4-6,13H,2-3,7-12,16H2,1H3. The average Bonchev–Trinajstić information content (AvgIpc) is 2.40. The topological polar surface area (TPSA) is 32.5 Å². The summed E-state index contributed by atoms with van der Waals surface area (Å²) in [6.07, 6.45) is 2.39. The van der Waals surface area contributed by atoms with E-state index in [1.807, 2.05) is 0 Å². The lowest BCUT2D eigenvalue weighted by Crippen LogP contribution is -2.46. The molecule has 0 atom stereocenters. The van der Waals surface area contributed by atoms with Gasteiger partial charge in [-0.15, -0.1) is 0 Å². The third kappa shape index (κ3) is 3.72. The van der Waals surface area contributed by atoms with Gasteiger partial charge in [0.15, 0.2) is 0 Å². The molecule has 3 heteroatoms. The van der Waals surface area contributed by atoms with E-state index >= 15 is 0 Å². The van der Waals surface area contributed by atoms with E-state index in [4.69, 9.17) is 5.73 Å². The Balaban J connectivity index is 1.79. The van der Waals surface area contributed by atoms with Crippen LogP contribution < -0.4 is 10.6 Å². The van der Waals surface area contributed by atoms with Crippen molar-refractivity contribution < 1.29 is 0 Å². The quantitative estimate of drug-likeness (QED) is 0.806. The Morgan fingerprint density at radius 1 is 1.11 bits per heavy atom. The van der Waals surface area contributed by atoms with Crippen molar-refractivity contribution in [1.82, 2.24) is 4.90 Å². The molecule has 0 unspecified atom stereocenters. The lowest BCUT2D eigenvalue weighted by Gasteiger charge is -2.36. The average molecular weight is 247 g/mol. The van der Waals surface area contributed by atoms with Crippen LogP contribution in [0.3, 0.4) is 0 Å². The smallest absolute Gasteiger partial charge is 0.0369 e. The highest BCUT2D eigenvalue weighted by molar-refractivity contribution is 5.48. The summed E-state index contributed by atoms with van der Waals surface area (Å²) in [6, 6.07) is 8.81. The summed E-state index contributed by atoms with van der Waals surface area (Å²) in [5.74, 6) is 0. The van der Waals surface area contributed by atoms with Crippen LogP contribution in [-0.4, -0.2) is 44.2 Å². The maximum absolute atomic E-state index is 5.53. The zero-order valence-corrected chi connectivity index (χ0v) is 11.4. The molecule has 2 rings (SSSR count). The Labute approximate surface area is 111 Å². The van der Waals surface area contributed by atoms with E-state index in [1.54, 1.807) is 0 Å². The molecule has 0 aromatic heterocycles. The third-order valence-corrected chi connectivity index (χ3v) is 3.67. The molecule has 0 saturated carbocycles. The van der Waals surface area contributed by atoms with Crippen molar-refractivity contribution in [3.63, 3.8) is 0 Å². The van der Waals surface area contributed by atoms with Crippen LogP contribution in [0.25, 0.3) is 0 Å². The first kappa shape index (κ1) is 13.4. The minimum Gasteiger partial charge on any atom is -0.369 e. The Bertz CT molecular complexity index is 357. The zero-order valence-electron chi connectivity index (χ0n) is 11.4. The molecule has 18 heavy (non-hydrogen) atoms. The molecule has 0 radical (unpaired) electrons. The van der Waals surface area contributed by atoms with Gasteiger partial charge < -0.3 is 10.6 Å². The monoisotopic (exact) mass is 247 g/mol. The van der Waals surface area contributed by atoms with E-state index in [9.17, 15) is 0 Å². The number of hydrogen-bond donors (Lipinski definition) is 1. The van der Waals surface area contributed by atoms with Gasteiger partial charge in [-0.25, -0.2) is 0 Å². The molecular weight excluding hydrogens is 222 g/mol. The number of unbranched alkanes of at least 4 members (excludes halogenated alkanes) is 1. The van der Waals surface area contributed by atoms with Gasteiger partial charge in [0.1, 0.15) is 0 Å². The molecule has 1 aliphatic rings. The van der Waals surface area contributed by atoms with Crippen molar-refractivity contribution >= 4 is 5.69 Å². The summed E-state index contributed by atoms with van der Waals surface area (Å²) in [5, 5.41) is 0. The molecule has 0 aliphatic carbocycles. The first-order chi connectivity index (χ1) is 8.79. The van der Waals surface area contributed by atoms with Crippen LogP contribution in [0.4, 0.5) is 5.69 Å². The van der Waals surface area contributed by atoms with E-state index in [0.717, 1.165) is 26.1 Å². The number of nitrogens with two attached hydrogens (primary N) is 1. The predicted molar refractivity (Wildman–Crippen MR) is 78.1 cm³/mol. The van der Waals surface area contributed by atoms with Crippen LogP contribution in [0, 0.1) is 6.92 Å². The molecule has 1 aromatic carbocycles. The number of piperazine rings is 1.